The van der Waals surface area contributed by atoms with Crippen LogP contribution in [0.4, 0.5) is 0 Å². The molecule has 0 N–H and O–H groups in total. The van der Waals surface area contributed by atoms with Crippen molar-refractivity contribution in [3.63, 3.8) is 0 Å². The molecule has 0 aliphatic rings. The van der Waals surface area contributed by atoms with Crippen LogP contribution >= 0.6 is 0 Å². The summed E-state index contributed by atoms with van der Waals surface area (Å²) in [5.41, 5.74) is 0. The fraction of sp³-hybridized carbons (Fsp3) is 1.00. The van der Waals surface area contributed by atoms with Crippen molar-refractivity contribution in [2.45, 2.75) is 0 Å². The normalized spacial score (nSPS) is 7.20. The van der Waals surface area contributed by atoms with Crippen LogP contribution in [0.2, 0.25) is 0 Å². The van der Waals surface area contributed by atoms with Gasteiger partial charge >= 0.3 is 10.1 Å². The van der Waals surface area contributed by atoms with E-state index in [1.54, 1.807) is 0 Å². The number of hydrogen-bond donors (Lipinski definition) is 0. The van der Waals surface area contributed by atoms with Gasteiger partial charge in [0.15, 0.2) is 0 Å². The van der Waals surface area contributed by atoms with E-state index in [4.69, 9.17) is 0 Å². The Morgan fingerprint density at radius 1 is 1.00 bits per heavy atom. The van der Waals surface area contributed by atoms with Gasteiger partial charge in [-0.2, -0.15) is 0 Å². The summed E-state index contributed by atoms with van der Waals surface area (Å²) in [7, 11) is 6.00. The van der Waals surface area contributed by atoms with Crippen molar-refractivity contribution < 1.29 is 0 Å². The van der Waals surface area contributed by atoms with Gasteiger partial charge in [-0.1, -0.05) is 0 Å². The Morgan fingerprint density at radius 3 is 1.00 bits per heavy atom. The maximum atomic E-state index is 2.00. The van der Waals surface area contributed by atoms with Gasteiger partial charge in [0.2, 0.25) is 0 Å². The van der Waals surface area contributed by atoms with Gasteiger partial charge in [-0.25, -0.2) is 0 Å². The molecule has 0 rings (SSSR count). The molecular formula is C3H11BeN. The Balaban J connectivity index is 0. The van der Waals surface area contributed by atoms with E-state index in [2.05, 4.69) is 0 Å². The molecule has 0 aromatic heterocycles. The molecule has 0 bridgehead atoms. The summed E-state index contributed by atoms with van der Waals surface area (Å²) in [6, 6.07) is 0. The molecule has 0 radical (unpaired) electrons. The second-order valence-electron chi connectivity index (χ2n) is 1.34. The summed E-state index contributed by atoms with van der Waals surface area (Å²) >= 11 is 0. The van der Waals surface area contributed by atoms with E-state index < -0.39 is 0 Å². The third kappa shape index (κ3) is 1130. The van der Waals surface area contributed by atoms with Crippen LogP contribution in [-0.2, 0) is 0 Å². The van der Waals surface area contributed by atoms with Gasteiger partial charge in [0.05, 0.1) is 0 Å². The van der Waals surface area contributed by atoms with Crippen molar-refractivity contribution in [1.82, 2.24) is 4.90 Å². The molecule has 0 atom stereocenters. The number of nitrogens with zero attached hydrogens (tertiary/aromatic N) is 1. The quantitative estimate of drug-likeness (QED) is 0.339. The van der Waals surface area contributed by atoms with Gasteiger partial charge in [-0.3, -0.25) is 0 Å². The fourth-order valence-corrected chi connectivity index (χ4v) is 0. The molecule has 0 amide bonds. The van der Waals surface area contributed by atoms with Gasteiger partial charge in [0.25, 0.3) is 0 Å². The van der Waals surface area contributed by atoms with E-state index in [1.165, 1.54) is 0 Å². The van der Waals surface area contributed by atoms with Crippen LogP contribution in [0.25, 0.3) is 0 Å². The van der Waals surface area contributed by atoms with E-state index in [9.17, 15) is 0 Å². The van der Waals surface area contributed by atoms with Crippen LogP contribution in [0.15, 0.2) is 0 Å². The molecule has 0 aliphatic carbocycles. The zero-order valence-electron chi connectivity index (χ0n) is 3.45. The van der Waals surface area contributed by atoms with Crippen molar-refractivity contribution >= 4 is 10.1 Å². The summed E-state index contributed by atoms with van der Waals surface area (Å²) in [6.07, 6.45) is 0. The van der Waals surface area contributed by atoms with Crippen molar-refractivity contribution in [3.8, 4) is 0 Å². The predicted molar refractivity (Wildman–Crippen MR) is 28.2 cm³/mol. The van der Waals surface area contributed by atoms with Gasteiger partial charge in [-0.15, -0.1) is 0 Å². The summed E-state index contributed by atoms with van der Waals surface area (Å²) in [5, 5.41) is 0. The van der Waals surface area contributed by atoms with Gasteiger partial charge in [0, 0.05) is 0 Å². The average Bonchev–Trinajstić information content (AvgIpc) is 0.811. The third-order valence-electron chi connectivity index (χ3n) is 0. The van der Waals surface area contributed by atoms with Crippen LogP contribution < -0.4 is 0 Å². The standard InChI is InChI=1S/C3H9N.Be.2H/c1-4(2)3;;;/h1-3H3;;;. The molecule has 0 aromatic rings. The van der Waals surface area contributed by atoms with Crippen LogP contribution in [-0.4, -0.2) is 36.2 Å². The van der Waals surface area contributed by atoms with E-state index in [0.29, 0.717) is 0 Å². The molecule has 1 nitrogen and oxygen atoms in total. The minimum absolute atomic E-state index is 0. The van der Waals surface area contributed by atoms with E-state index in [-0.39, 0.29) is 10.1 Å². The van der Waals surface area contributed by atoms with Crippen LogP contribution in [0, 0.1) is 0 Å². The second kappa shape index (κ2) is 4.13. The monoisotopic (exact) mass is 70.1 g/mol. The molecule has 0 saturated heterocycles. The van der Waals surface area contributed by atoms with Crippen molar-refractivity contribution in [2.75, 3.05) is 21.1 Å². The molecule has 0 heterocycles. The molecule has 0 fully saturated rings. The molecule has 2 heteroatoms. The molecule has 0 aromatic carbocycles. The van der Waals surface area contributed by atoms with Crippen LogP contribution in [0.5, 0.6) is 0 Å². The van der Waals surface area contributed by atoms with E-state index >= 15 is 0 Å². The molecular weight excluding hydrogens is 59.1 g/mol. The Hall–Kier alpha value is 0.129. The second-order valence-corrected chi connectivity index (χ2v) is 1.34. The summed E-state index contributed by atoms with van der Waals surface area (Å²) < 4.78 is 0. The molecule has 0 spiro atoms. The topological polar surface area (TPSA) is 3.24 Å². The fourth-order valence-electron chi connectivity index (χ4n) is 0. The zero-order valence-corrected chi connectivity index (χ0v) is 3.45. The average molecular weight is 70.1 g/mol. The summed E-state index contributed by atoms with van der Waals surface area (Å²) in [6.45, 7) is 0. The molecule has 0 aliphatic heterocycles. The van der Waals surface area contributed by atoms with Crippen LogP contribution in [0.1, 0.15) is 0 Å². The molecule has 0 unspecified atom stereocenters. The Labute approximate surface area is 37.2 Å². The van der Waals surface area contributed by atoms with Crippen molar-refractivity contribution in [3.05, 3.63) is 0 Å². The molecule has 5 heavy (non-hydrogen) atoms. The van der Waals surface area contributed by atoms with E-state index in [0.717, 1.165) is 0 Å². The first-order chi connectivity index (χ1) is 1.73. The van der Waals surface area contributed by atoms with Gasteiger partial charge in [-0.05, 0) is 21.1 Å². The van der Waals surface area contributed by atoms with E-state index in [1.807, 2.05) is 26.0 Å². The maximum absolute atomic E-state index is 2.00. The Bertz CT molecular complexity index is 11.6. The molecule has 0 saturated carbocycles. The number of rotatable bonds is 0. The zero-order chi connectivity index (χ0) is 3.58. The van der Waals surface area contributed by atoms with Gasteiger partial charge in [0.1, 0.15) is 0 Å². The van der Waals surface area contributed by atoms with Crippen molar-refractivity contribution in [1.29, 1.82) is 0 Å². The minimum atomic E-state index is 0. The van der Waals surface area contributed by atoms with Crippen molar-refractivity contribution in [2.24, 2.45) is 0 Å². The third-order valence-corrected chi connectivity index (χ3v) is 0. The first-order valence-electron chi connectivity index (χ1n) is 1.34. The number of hydrogen-bond acceptors (Lipinski definition) is 1. The van der Waals surface area contributed by atoms with Gasteiger partial charge < -0.3 is 4.90 Å². The predicted octanol–water partition coefficient (Wildman–Crippen LogP) is -0.738. The SMILES string of the molecule is CN(C)C.[BeH2]. The first kappa shape index (κ1) is 8.93. The van der Waals surface area contributed by atoms with Crippen LogP contribution in [0.3, 0.4) is 0 Å². The Morgan fingerprint density at radius 2 is 1.00 bits per heavy atom. The summed E-state index contributed by atoms with van der Waals surface area (Å²) in [5.74, 6) is 0. The summed E-state index contributed by atoms with van der Waals surface area (Å²) in [4.78, 5) is 2.00. The first-order valence-corrected chi connectivity index (χ1v) is 1.34. The Kier molecular flexibility index (Phi) is 7.38. The molecule has 30 valence electrons.